The average Bonchev–Trinajstić information content (AvgIpc) is 3.11. The van der Waals surface area contributed by atoms with Gasteiger partial charge in [-0.25, -0.2) is 0 Å². The molecule has 2 aromatic carbocycles. The van der Waals surface area contributed by atoms with Crippen LogP contribution in [0.15, 0.2) is 53.7 Å². The van der Waals surface area contributed by atoms with Crippen LogP contribution in [-0.2, 0) is 18.3 Å². The van der Waals surface area contributed by atoms with E-state index in [4.69, 9.17) is 14.2 Å². The van der Waals surface area contributed by atoms with Crippen molar-refractivity contribution in [2.75, 3.05) is 31.9 Å². The molecule has 0 aliphatic heterocycles. The van der Waals surface area contributed by atoms with Crippen molar-refractivity contribution < 1.29 is 19.0 Å². The van der Waals surface area contributed by atoms with Crippen LogP contribution in [0.3, 0.4) is 0 Å². The highest BCUT2D eigenvalue weighted by Gasteiger charge is 2.13. The van der Waals surface area contributed by atoms with Crippen LogP contribution >= 0.6 is 11.8 Å². The molecular formula is C21H24N4O4S. The number of rotatable bonds is 10. The second kappa shape index (κ2) is 10.5. The van der Waals surface area contributed by atoms with Gasteiger partial charge in [0.05, 0.1) is 27.2 Å². The smallest absolute Gasteiger partial charge is 0.232 e. The fourth-order valence-electron chi connectivity index (χ4n) is 2.67. The number of aromatic nitrogens is 3. The largest absolute Gasteiger partial charge is 0.497 e. The Bertz CT molecular complexity index is 975. The summed E-state index contributed by atoms with van der Waals surface area (Å²) in [6.45, 7) is 0.491. The Morgan fingerprint density at radius 2 is 1.77 bits per heavy atom. The minimum Gasteiger partial charge on any atom is -0.497 e. The topological polar surface area (TPSA) is 87.5 Å². The molecule has 158 valence electrons. The Morgan fingerprint density at radius 1 is 1.03 bits per heavy atom. The Balaban J connectivity index is 1.48. The van der Waals surface area contributed by atoms with Gasteiger partial charge in [0.2, 0.25) is 5.91 Å². The van der Waals surface area contributed by atoms with Gasteiger partial charge < -0.3 is 24.1 Å². The lowest BCUT2D eigenvalue weighted by Gasteiger charge is -2.10. The van der Waals surface area contributed by atoms with Gasteiger partial charge in [0, 0.05) is 18.5 Å². The zero-order valence-corrected chi connectivity index (χ0v) is 17.9. The number of carbonyl (C=O) groups excluding carboxylic acids is 1. The number of benzene rings is 2. The molecule has 0 fully saturated rings. The van der Waals surface area contributed by atoms with E-state index >= 15 is 0 Å². The van der Waals surface area contributed by atoms with E-state index in [1.165, 1.54) is 11.8 Å². The number of nitrogens with one attached hydrogen (secondary N) is 1. The van der Waals surface area contributed by atoms with Crippen molar-refractivity contribution in [3.8, 4) is 17.2 Å². The first-order chi connectivity index (χ1) is 14.6. The van der Waals surface area contributed by atoms with Gasteiger partial charge in [-0.2, -0.15) is 0 Å². The number of para-hydroxylation sites is 2. The number of nitrogens with zero attached hydrogens (tertiary/aromatic N) is 3. The van der Waals surface area contributed by atoms with Crippen LogP contribution < -0.4 is 19.5 Å². The van der Waals surface area contributed by atoms with Crippen LogP contribution in [0.25, 0.3) is 0 Å². The number of ether oxygens (including phenoxy) is 3. The minimum absolute atomic E-state index is 0.133. The fraction of sp³-hybridized carbons (Fsp3) is 0.286. The first-order valence-electron chi connectivity index (χ1n) is 9.31. The molecule has 1 heterocycles. The Labute approximate surface area is 179 Å². The quantitative estimate of drug-likeness (QED) is 0.392. The number of carbonyl (C=O) groups is 1. The van der Waals surface area contributed by atoms with Gasteiger partial charge in [0.25, 0.3) is 0 Å². The van der Waals surface area contributed by atoms with Crippen molar-refractivity contribution >= 4 is 23.4 Å². The molecule has 0 spiro atoms. The first-order valence-corrected chi connectivity index (χ1v) is 10.3. The van der Waals surface area contributed by atoms with E-state index in [2.05, 4.69) is 15.5 Å². The van der Waals surface area contributed by atoms with Crippen LogP contribution in [0, 0.1) is 0 Å². The molecule has 1 amide bonds. The maximum absolute atomic E-state index is 12.3. The maximum Gasteiger partial charge on any atom is 0.232 e. The number of hydrogen-bond donors (Lipinski definition) is 1. The summed E-state index contributed by atoms with van der Waals surface area (Å²) in [6.07, 6.45) is 0.133. The summed E-state index contributed by atoms with van der Waals surface area (Å²) < 4.78 is 18.0. The number of amides is 1. The number of methoxy groups -OCH3 is 2. The molecule has 0 aliphatic rings. The number of hydrogen-bond acceptors (Lipinski definition) is 7. The van der Waals surface area contributed by atoms with Gasteiger partial charge in [-0.1, -0.05) is 23.9 Å². The van der Waals surface area contributed by atoms with Gasteiger partial charge in [-0.3, -0.25) is 4.79 Å². The van der Waals surface area contributed by atoms with Gasteiger partial charge in [-0.15, -0.1) is 10.2 Å². The molecule has 30 heavy (non-hydrogen) atoms. The predicted molar refractivity (Wildman–Crippen MR) is 116 cm³/mol. The summed E-state index contributed by atoms with van der Waals surface area (Å²) in [5.41, 5.74) is 0.700. The van der Waals surface area contributed by atoms with Crippen molar-refractivity contribution in [1.29, 1.82) is 0 Å². The molecule has 3 aromatic rings. The molecule has 0 unspecified atom stereocenters. The lowest BCUT2D eigenvalue weighted by atomic mass is 10.3. The summed E-state index contributed by atoms with van der Waals surface area (Å²) >= 11 is 1.51. The molecule has 8 nitrogen and oxygen atoms in total. The molecular weight excluding hydrogens is 404 g/mol. The Kier molecular flexibility index (Phi) is 7.56. The fourth-order valence-corrected chi connectivity index (χ4v) is 3.42. The SMILES string of the molecule is COc1ccc(NC(=O)Cc2nnc(SCCOc3ccccc3OC)n2C)cc1. The molecule has 1 aromatic heterocycles. The normalized spacial score (nSPS) is 10.5. The van der Waals surface area contributed by atoms with Crippen molar-refractivity contribution in [3.05, 3.63) is 54.4 Å². The van der Waals surface area contributed by atoms with E-state index in [1.54, 1.807) is 38.5 Å². The second-order valence-corrected chi connectivity index (χ2v) is 7.32. The third kappa shape index (κ3) is 5.66. The first kappa shape index (κ1) is 21.5. The highest BCUT2D eigenvalue weighted by atomic mass is 32.2. The highest BCUT2D eigenvalue weighted by Crippen LogP contribution is 2.26. The predicted octanol–water partition coefficient (Wildman–Crippen LogP) is 3.18. The van der Waals surface area contributed by atoms with Gasteiger partial charge >= 0.3 is 0 Å². The van der Waals surface area contributed by atoms with Crippen LogP contribution in [-0.4, -0.2) is 47.3 Å². The standard InChI is InChI=1S/C21H24N4O4S/c1-25-19(14-20(26)22-15-8-10-16(27-2)11-9-15)23-24-21(25)30-13-12-29-18-7-5-4-6-17(18)28-3/h4-11H,12-14H2,1-3H3,(H,22,26). The van der Waals surface area contributed by atoms with E-state index in [0.29, 0.717) is 35.4 Å². The molecule has 0 radical (unpaired) electrons. The van der Waals surface area contributed by atoms with Gasteiger partial charge in [-0.05, 0) is 36.4 Å². The molecule has 9 heteroatoms. The van der Waals surface area contributed by atoms with E-state index in [-0.39, 0.29) is 12.3 Å². The molecule has 0 atom stereocenters. The van der Waals surface area contributed by atoms with E-state index < -0.39 is 0 Å². The van der Waals surface area contributed by atoms with E-state index in [9.17, 15) is 4.79 Å². The van der Waals surface area contributed by atoms with Crippen molar-refractivity contribution in [1.82, 2.24) is 14.8 Å². The van der Waals surface area contributed by atoms with Crippen LogP contribution in [0.1, 0.15) is 5.82 Å². The number of thioether (sulfide) groups is 1. The van der Waals surface area contributed by atoms with Crippen molar-refractivity contribution in [2.45, 2.75) is 11.6 Å². The molecule has 3 rings (SSSR count). The average molecular weight is 429 g/mol. The monoisotopic (exact) mass is 428 g/mol. The lowest BCUT2D eigenvalue weighted by Crippen LogP contribution is -2.17. The highest BCUT2D eigenvalue weighted by molar-refractivity contribution is 7.99. The van der Waals surface area contributed by atoms with Crippen LogP contribution in [0.2, 0.25) is 0 Å². The van der Waals surface area contributed by atoms with Crippen molar-refractivity contribution in [2.24, 2.45) is 7.05 Å². The van der Waals surface area contributed by atoms with Crippen LogP contribution in [0.5, 0.6) is 17.2 Å². The minimum atomic E-state index is -0.160. The van der Waals surface area contributed by atoms with Gasteiger partial charge in [0.15, 0.2) is 16.7 Å². The molecule has 0 aliphatic carbocycles. The third-order valence-corrected chi connectivity index (χ3v) is 5.24. The Morgan fingerprint density at radius 3 is 2.47 bits per heavy atom. The zero-order chi connectivity index (χ0) is 21.3. The van der Waals surface area contributed by atoms with Crippen molar-refractivity contribution in [3.63, 3.8) is 0 Å². The van der Waals surface area contributed by atoms with Gasteiger partial charge in [0.1, 0.15) is 11.6 Å². The number of anilines is 1. The summed E-state index contributed by atoms with van der Waals surface area (Å²) in [7, 11) is 5.06. The maximum atomic E-state index is 12.3. The third-order valence-electron chi connectivity index (χ3n) is 4.26. The molecule has 0 saturated heterocycles. The lowest BCUT2D eigenvalue weighted by molar-refractivity contribution is -0.115. The molecule has 1 N–H and O–H groups in total. The summed E-state index contributed by atoms with van der Waals surface area (Å²) in [6, 6.07) is 14.7. The summed E-state index contributed by atoms with van der Waals surface area (Å²) in [5, 5.41) is 11.9. The summed E-state index contributed by atoms with van der Waals surface area (Å²) in [5.74, 6) is 3.25. The second-order valence-electron chi connectivity index (χ2n) is 6.26. The summed E-state index contributed by atoms with van der Waals surface area (Å²) in [4.78, 5) is 12.3. The van der Waals surface area contributed by atoms with E-state index in [1.807, 2.05) is 35.9 Å². The van der Waals surface area contributed by atoms with Crippen LogP contribution in [0.4, 0.5) is 5.69 Å². The zero-order valence-electron chi connectivity index (χ0n) is 17.1. The molecule has 0 saturated carbocycles. The van der Waals surface area contributed by atoms with E-state index in [0.717, 1.165) is 10.9 Å². The molecule has 0 bridgehead atoms. The Hall–Kier alpha value is -3.20.